The molecule has 1 aromatic carbocycles. The summed E-state index contributed by atoms with van der Waals surface area (Å²) in [7, 11) is 0. The highest BCUT2D eigenvalue weighted by molar-refractivity contribution is 5.59. The maximum absolute atomic E-state index is 12.9. The van der Waals surface area contributed by atoms with Crippen molar-refractivity contribution in [2.75, 3.05) is 36.8 Å². The van der Waals surface area contributed by atoms with Crippen molar-refractivity contribution in [3.63, 3.8) is 0 Å². The molecule has 2 aliphatic rings. The van der Waals surface area contributed by atoms with E-state index in [-0.39, 0.29) is 5.69 Å². The van der Waals surface area contributed by atoms with Crippen LogP contribution in [-0.2, 0) is 6.18 Å². The minimum absolute atomic E-state index is 0.208. The van der Waals surface area contributed by atoms with Crippen LogP contribution in [0.5, 0.6) is 0 Å². The average Bonchev–Trinajstić information content (AvgIpc) is 2.85. The SMILES string of the molecule is Nc1ccc(N2CCN3CCCC3C2)cc1C(F)(F)F. The van der Waals surface area contributed by atoms with Crippen molar-refractivity contribution in [3.05, 3.63) is 23.8 Å². The molecule has 0 saturated carbocycles. The van der Waals surface area contributed by atoms with Gasteiger partial charge in [0.2, 0.25) is 0 Å². The average molecular weight is 285 g/mol. The predicted octanol–water partition coefficient (Wildman–Crippen LogP) is 2.57. The van der Waals surface area contributed by atoms with E-state index in [0.717, 1.165) is 32.6 Å². The molecule has 20 heavy (non-hydrogen) atoms. The second-order valence-electron chi connectivity index (χ2n) is 5.55. The molecule has 2 saturated heterocycles. The van der Waals surface area contributed by atoms with Gasteiger partial charge in [0.15, 0.2) is 0 Å². The van der Waals surface area contributed by atoms with Crippen LogP contribution < -0.4 is 10.6 Å². The van der Waals surface area contributed by atoms with Crippen molar-refractivity contribution in [2.45, 2.75) is 25.1 Å². The molecule has 2 heterocycles. The third-order valence-electron chi connectivity index (χ3n) is 4.29. The first-order chi connectivity index (χ1) is 9.45. The number of rotatable bonds is 1. The van der Waals surface area contributed by atoms with Crippen LogP contribution in [0.1, 0.15) is 18.4 Å². The van der Waals surface area contributed by atoms with Gasteiger partial charge in [-0.1, -0.05) is 0 Å². The van der Waals surface area contributed by atoms with Gasteiger partial charge in [-0.25, -0.2) is 0 Å². The minimum atomic E-state index is -4.39. The van der Waals surface area contributed by atoms with Crippen LogP contribution in [0.3, 0.4) is 0 Å². The second kappa shape index (κ2) is 4.84. The third-order valence-corrected chi connectivity index (χ3v) is 4.29. The first-order valence-corrected chi connectivity index (χ1v) is 6.91. The number of hydrogen-bond acceptors (Lipinski definition) is 3. The number of piperazine rings is 1. The van der Waals surface area contributed by atoms with Gasteiger partial charge in [-0.3, -0.25) is 4.90 Å². The summed E-state index contributed by atoms with van der Waals surface area (Å²) in [6.45, 7) is 3.63. The van der Waals surface area contributed by atoms with Crippen molar-refractivity contribution in [1.29, 1.82) is 0 Å². The molecule has 0 spiro atoms. The fourth-order valence-electron chi connectivity index (χ4n) is 3.21. The van der Waals surface area contributed by atoms with Gasteiger partial charge in [-0.05, 0) is 37.6 Å². The lowest BCUT2D eigenvalue weighted by Crippen LogP contribution is -2.50. The Hall–Kier alpha value is -1.43. The molecule has 1 atom stereocenters. The van der Waals surface area contributed by atoms with E-state index in [1.54, 1.807) is 6.07 Å². The van der Waals surface area contributed by atoms with Crippen LogP contribution in [0.25, 0.3) is 0 Å². The molecule has 0 aliphatic carbocycles. The third kappa shape index (κ3) is 2.44. The summed E-state index contributed by atoms with van der Waals surface area (Å²) in [6, 6.07) is 4.71. The molecule has 0 radical (unpaired) electrons. The molecule has 0 amide bonds. The number of nitrogens with two attached hydrogens (primary N) is 1. The number of halogens is 3. The largest absolute Gasteiger partial charge is 0.418 e. The molecule has 0 aromatic heterocycles. The summed E-state index contributed by atoms with van der Waals surface area (Å²) >= 11 is 0. The van der Waals surface area contributed by atoms with Gasteiger partial charge in [0, 0.05) is 37.1 Å². The molecule has 1 aromatic rings. The summed E-state index contributed by atoms with van der Waals surface area (Å²) in [5.74, 6) is 0. The normalized spacial score (nSPS) is 23.9. The maximum atomic E-state index is 12.9. The fourth-order valence-corrected chi connectivity index (χ4v) is 3.21. The zero-order chi connectivity index (χ0) is 14.3. The summed E-state index contributed by atoms with van der Waals surface area (Å²) in [6.07, 6.45) is -2.07. The van der Waals surface area contributed by atoms with Crippen molar-refractivity contribution in [2.24, 2.45) is 0 Å². The van der Waals surface area contributed by atoms with Crippen molar-refractivity contribution >= 4 is 11.4 Å². The summed E-state index contributed by atoms with van der Waals surface area (Å²) < 4.78 is 38.7. The predicted molar refractivity (Wildman–Crippen MR) is 72.7 cm³/mol. The van der Waals surface area contributed by atoms with Crippen LogP contribution in [0.15, 0.2) is 18.2 Å². The molecule has 6 heteroatoms. The van der Waals surface area contributed by atoms with E-state index >= 15 is 0 Å². The topological polar surface area (TPSA) is 32.5 Å². The van der Waals surface area contributed by atoms with Crippen molar-refractivity contribution in [1.82, 2.24) is 4.90 Å². The molecular formula is C14H18F3N3. The molecule has 2 aliphatic heterocycles. The van der Waals surface area contributed by atoms with Crippen molar-refractivity contribution < 1.29 is 13.2 Å². The number of anilines is 2. The van der Waals surface area contributed by atoms with Gasteiger partial charge in [-0.2, -0.15) is 13.2 Å². The molecule has 1 unspecified atom stereocenters. The van der Waals surface area contributed by atoms with Gasteiger partial charge in [0.1, 0.15) is 0 Å². The number of alkyl halides is 3. The van der Waals surface area contributed by atoms with Crippen LogP contribution in [0, 0.1) is 0 Å². The first kappa shape index (κ1) is 13.5. The Balaban J connectivity index is 1.84. The monoisotopic (exact) mass is 285 g/mol. The van der Waals surface area contributed by atoms with E-state index < -0.39 is 11.7 Å². The van der Waals surface area contributed by atoms with Crippen LogP contribution in [-0.4, -0.2) is 37.1 Å². The van der Waals surface area contributed by atoms with Crippen LogP contribution in [0.2, 0.25) is 0 Å². The number of fused-ring (bicyclic) bond motifs is 1. The highest BCUT2D eigenvalue weighted by Crippen LogP contribution is 2.36. The van der Waals surface area contributed by atoms with E-state index in [1.165, 1.54) is 18.6 Å². The summed E-state index contributed by atoms with van der Waals surface area (Å²) in [5, 5.41) is 0. The Morgan fingerprint density at radius 3 is 2.70 bits per heavy atom. The van der Waals surface area contributed by atoms with Crippen LogP contribution >= 0.6 is 0 Å². The quantitative estimate of drug-likeness (QED) is 0.805. The lowest BCUT2D eigenvalue weighted by atomic mass is 10.1. The maximum Gasteiger partial charge on any atom is 0.418 e. The number of hydrogen-bond donors (Lipinski definition) is 1. The number of nitrogens with zero attached hydrogens (tertiary/aromatic N) is 2. The first-order valence-electron chi connectivity index (χ1n) is 6.91. The zero-order valence-electron chi connectivity index (χ0n) is 11.2. The van der Waals surface area contributed by atoms with E-state index in [0.29, 0.717) is 11.7 Å². The molecule has 110 valence electrons. The van der Waals surface area contributed by atoms with Gasteiger partial charge in [0.25, 0.3) is 0 Å². The van der Waals surface area contributed by atoms with E-state index in [9.17, 15) is 13.2 Å². The van der Waals surface area contributed by atoms with Crippen LogP contribution in [0.4, 0.5) is 24.5 Å². The summed E-state index contributed by atoms with van der Waals surface area (Å²) in [5.41, 5.74) is 5.13. The highest BCUT2D eigenvalue weighted by Gasteiger charge is 2.35. The molecule has 0 bridgehead atoms. The van der Waals surface area contributed by atoms with E-state index in [4.69, 9.17) is 5.73 Å². The molecule has 2 fully saturated rings. The van der Waals surface area contributed by atoms with Gasteiger partial charge in [-0.15, -0.1) is 0 Å². The van der Waals surface area contributed by atoms with Gasteiger partial charge < -0.3 is 10.6 Å². The Kier molecular flexibility index (Phi) is 3.28. The molecule has 3 rings (SSSR count). The Morgan fingerprint density at radius 2 is 1.95 bits per heavy atom. The summed E-state index contributed by atoms with van der Waals surface area (Å²) in [4.78, 5) is 4.47. The highest BCUT2D eigenvalue weighted by atomic mass is 19.4. The lowest BCUT2D eigenvalue weighted by molar-refractivity contribution is -0.136. The second-order valence-corrected chi connectivity index (χ2v) is 5.55. The minimum Gasteiger partial charge on any atom is -0.398 e. The standard InChI is InChI=1S/C14H18F3N3/c15-14(16,17)12-8-10(3-4-13(12)18)20-7-6-19-5-1-2-11(19)9-20/h3-4,8,11H,1-2,5-7,9,18H2. The fraction of sp³-hybridized carbons (Fsp3) is 0.571. The Morgan fingerprint density at radius 1 is 1.15 bits per heavy atom. The smallest absolute Gasteiger partial charge is 0.398 e. The Bertz CT molecular complexity index is 501. The lowest BCUT2D eigenvalue weighted by Gasteiger charge is -2.39. The molecule has 2 N–H and O–H groups in total. The van der Waals surface area contributed by atoms with Gasteiger partial charge in [0.05, 0.1) is 5.56 Å². The van der Waals surface area contributed by atoms with E-state index in [1.807, 2.05) is 4.90 Å². The molecule has 3 nitrogen and oxygen atoms in total. The number of nitrogen functional groups attached to an aromatic ring is 1. The zero-order valence-corrected chi connectivity index (χ0v) is 11.2. The number of benzene rings is 1. The Labute approximate surface area is 116 Å². The van der Waals surface area contributed by atoms with Gasteiger partial charge >= 0.3 is 6.18 Å². The van der Waals surface area contributed by atoms with E-state index in [2.05, 4.69) is 4.90 Å². The van der Waals surface area contributed by atoms with Crippen molar-refractivity contribution in [3.8, 4) is 0 Å². The molecular weight excluding hydrogens is 267 g/mol.